The Labute approximate surface area is 110 Å². The monoisotopic (exact) mass is 267 g/mol. The van der Waals surface area contributed by atoms with Crippen LogP contribution in [0, 0.1) is 0 Å². The molecule has 5 nitrogen and oxygen atoms in total. The van der Waals surface area contributed by atoms with Gasteiger partial charge < -0.3 is 15.8 Å². The summed E-state index contributed by atoms with van der Waals surface area (Å²) in [4.78, 5) is 15.0. The summed E-state index contributed by atoms with van der Waals surface area (Å²) in [6.07, 6.45) is 0.386. The topological polar surface area (TPSA) is 76.7 Å². The third kappa shape index (κ3) is 3.37. The second kappa shape index (κ2) is 5.73. The molecule has 0 aromatic heterocycles. The SMILES string of the molecule is NC(CCl)=Nc1ccc(CC2COC(=O)N2)cc1. The average Bonchev–Trinajstić information content (AvgIpc) is 2.77. The maximum Gasteiger partial charge on any atom is 0.407 e. The largest absolute Gasteiger partial charge is 0.447 e. The van der Waals surface area contributed by atoms with E-state index in [1.807, 2.05) is 24.3 Å². The molecule has 0 aliphatic carbocycles. The first-order valence-electron chi connectivity index (χ1n) is 5.58. The normalized spacial score (nSPS) is 19.5. The highest BCUT2D eigenvalue weighted by Crippen LogP contribution is 2.15. The van der Waals surface area contributed by atoms with Crippen LogP contribution < -0.4 is 11.1 Å². The molecule has 0 saturated carbocycles. The minimum absolute atomic E-state index is 0.0414. The lowest BCUT2D eigenvalue weighted by Crippen LogP contribution is -2.28. The van der Waals surface area contributed by atoms with Crippen LogP contribution in [0.2, 0.25) is 0 Å². The summed E-state index contributed by atoms with van der Waals surface area (Å²) in [7, 11) is 0. The number of nitrogens with zero attached hydrogens (tertiary/aromatic N) is 1. The van der Waals surface area contributed by atoms with E-state index in [0.29, 0.717) is 12.4 Å². The van der Waals surface area contributed by atoms with Gasteiger partial charge in [-0.25, -0.2) is 9.79 Å². The van der Waals surface area contributed by atoms with E-state index in [2.05, 4.69) is 10.3 Å². The van der Waals surface area contributed by atoms with E-state index >= 15 is 0 Å². The minimum atomic E-state index is -0.351. The van der Waals surface area contributed by atoms with Gasteiger partial charge in [0, 0.05) is 0 Å². The second-order valence-corrected chi connectivity index (χ2v) is 4.31. The number of amides is 1. The molecule has 1 heterocycles. The molecular formula is C12H14ClN3O2. The molecule has 0 bridgehead atoms. The van der Waals surface area contributed by atoms with Crippen LogP contribution in [0.3, 0.4) is 0 Å². The number of rotatable bonds is 4. The second-order valence-electron chi connectivity index (χ2n) is 4.05. The van der Waals surface area contributed by atoms with Crippen molar-refractivity contribution < 1.29 is 9.53 Å². The minimum Gasteiger partial charge on any atom is -0.447 e. The molecule has 1 fully saturated rings. The first-order valence-corrected chi connectivity index (χ1v) is 6.12. The van der Waals surface area contributed by atoms with Crippen molar-refractivity contribution in [1.82, 2.24) is 5.32 Å². The highest BCUT2D eigenvalue weighted by atomic mass is 35.5. The van der Waals surface area contributed by atoms with Gasteiger partial charge in [-0.1, -0.05) is 12.1 Å². The van der Waals surface area contributed by atoms with Crippen LogP contribution in [0.5, 0.6) is 0 Å². The molecule has 3 N–H and O–H groups in total. The number of alkyl halides is 1. The fourth-order valence-corrected chi connectivity index (χ4v) is 1.78. The lowest BCUT2D eigenvalue weighted by Gasteiger charge is -2.07. The molecule has 1 atom stereocenters. The zero-order valence-electron chi connectivity index (χ0n) is 9.73. The van der Waals surface area contributed by atoms with Gasteiger partial charge in [-0.15, -0.1) is 11.6 Å². The molecule has 1 aliphatic heterocycles. The smallest absolute Gasteiger partial charge is 0.407 e. The number of alkyl carbamates (subject to hydrolysis) is 1. The highest BCUT2D eigenvalue weighted by molar-refractivity contribution is 6.28. The fourth-order valence-electron chi connectivity index (χ4n) is 1.72. The molecule has 0 spiro atoms. The molecule has 1 saturated heterocycles. The third-order valence-corrected chi connectivity index (χ3v) is 2.84. The molecule has 6 heteroatoms. The van der Waals surface area contributed by atoms with Crippen molar-refractivity contribution in [2.24, 2.45) is 10.7 Å². The van der Waals surface area contributed by atoms with Gasteiger partial charge in [-0.3, -0.25) is 0 Å². The Morgan fingerprint density at radius 2 is 2.22 bits per heavy atom. The van der Waals surface area contributed by atoms with Crippen molar-refractivity contribution in [2.75, 3.05) is 12.5 Å². The number of aliphatic imine (C=N–C) groups is 1. The average molecular weight is 268 g/mol. The van der Waals surface area contributed by atoms with Crippen molar-refractivity contribution >= 4 is 29.2 Å². The number of benzene rings is 1. The van der Waals surface area contributed by atoms with E-state index in [9.17, 15) is 4.79 Å². The summed E-state index contributed by atoms with van der Waals surface area (Å²) in [6.45, 7) is 0.415. The van der Waals surface area contributed by atoms with Gasteiger partial charge in [-0.2, -0.15) is 0 Å². The summed E-state index contributed by atoms with van der Waals surface area (Å²) in [5.41, 5.74) is 7.42. The van der Waals surface area contributed by atoms with Gasteiger partial charge in [0.1, 0.15) is 12.4 Å². The number of amidine groups is 1. The van der Waals surface area contributed by atoms with Gasteiger partial charge in [0.25, 0.3) is 0 Å². The Morgan fingerprint density at radius 1 is 1.50 bits per heavy atom. The predicted molar refractivity (Wildman–Crippen MR) is 70.4 cm³/mol. The van der Waals surface area contributed by atoms with Gasteiger partial charge in [-0.05, 0) is 24.1 Å². The predicted octanol–water partition coefficient (Wildman–Crippen LogP) is 1.56. The van der Waals surface area contributed by atoms with Crippen LogP contribution >= 0.6 is 11.6 Å². The van der Waals surface area contributed by atoms with Crippen molar-refractivity contribution in [3.05, 3.63) is 29.8 Å². The van der Waals surface area contributed by atoms with Crippen molar-refractivity contribution in [1.29, 1.82) is 0 Å². The van der Waals surface area contributed by atoms with Crippen molar-refractivity contribution in [3.63, 3.8) is 0 Å². The Balaban J connectivity index is 1.97. The van der Waals surface area contributed by atoms with Crippen LogP contribution in [-0.2, 0) is 11.2 Å². The summed E-state index contributed by atoms with van der Waals surface area (Å²) in [5.74, 6) is 0.605. The van der Waals surface area contributed by atoms with Gasteiger partial charge in [0.2, 0.25) is 0 Å². The molecule has 2 rings (SSSR count). The highest BCUT2D eigenvalue weighted by Gasteiger charge is 2.21. The van der Waals surface area contributed by atoms with E-state index in [1.54, 1.807) is 0 Å². The lowest BCUT2D eigenvalue weighted by molar-refractivity contribution is 0.177. The van der Waals surface area contributed by atoms with Crippen LogP contribution in [0.15, 0.2) is 29.3 Å². The van der Waals surface area contributed by atoms with Crippen molar-refractivity contribution in [3.8, 4) is 0 Å². The number of hydrogen-bond acceptors (Lipinski definition) is 3. The number of nitrogens with one attached hydrogen (secondary N) is 1. The standard InChI is InChI=1S/C12H14ClN3O2/c13-6-11(14)15-9-3-1-8(2-4-9)5-10-7-18-12(17)16-10/h1-4,10H,5-7H2,(H2,14,15)(H,16,17). The van der Waals surface area contributed by atoms with Crippen LogP contribution in [0.1, 0.15) is 5.56 Å². The Hall–Kier alpha value is -1.75. The van der Waals surface area contributed by atoms with Crippen LogP contribution in [-0.4, -0.2) is 30.5 Å². The molecule has 18 heavy (non-hydrogen) atoms. The Morgan fingerprint density at radius 3 is 2.78 bits per heavy atom. The fraction of sp³-hybridized carbons (Fsp3) is 0.333. The number of nitrogens with two attached hydrogens (primary N) is 1. The molecule has 1 unspecified atom stereocenters. The first-order chi connectivity index (χ1) is 8.67. The van der Waals surface area contributed by atoms with E-state index in [4.69, 9.17) is 22.1 Å². The summed E-state index contributed by atoms with van der Waals surface area (Å²) in [5, 5.41) is 2.73. The number of carbonyl (C=O) groups excluding carboxylic acids is 1. The number of ether oxygens (including phenoxy) is 1. The lowest BCUT2D eigenvalue weighted by atomic mass is 10.1. The first kappa shape index (κ1) is 12.7. The Kier molecular flexibility index (Phi) is 4.04. The third-order valence-electron chi connectivity index (χ3n) is 2.57. The number of carbonyl (C=O) groups is 1. The molecule has 1 amide bonds. The van der Waals surface area contributed by atoms with E-state index in [1.165, 1.54) is 0 Å². The van der Waals surface area contributed by atoms with Gasteiger partial charge in [0.15, 0.2) is 0 Å². The summed E-state index contributed by atoms with van der Waals surface area (Å²) in [6, 6.07) is 7.67. The maximum absolute atomic E-state index is 10.9. The summed E-state index contributed by atoms with van der Waals surface area (Å²) < 4.78 is 4.83. The molecular weight excluding hydrogens is 254 g/mol. The van der Waals surface area contributed by atoms with Gasteiger partial charge >= 0.3 is 6.09 Å². The van der Waals surface area contributed by atoms with E-state index in [0.717, 1.165) is 17.7 Å². The summed E-state index contributed by atoms with van der Waals surface area (Å²) >= 11 is 5.55. The number of halogens is 1. The molecule has 1 aromatic rings. The number of hydrogen-bond donors (Lipinski definition) is 2. The zero-order chi connectivity index (χ0) is 13.0. The Bertz CT molecular complexity index is 459. The van der Waals surface area contributed by atoms with Crippen LogP contribution in [0.25, 0.3) is 0 Å². The number of cyclic esters (lactones) is 1. The zero-order valence-corrected chi connectivity index (χ0v) is 10.5. The molecule has 0 radical (unpaired) electrons. The van der Waals surface area contributed by atoms with E-state index < -0.39 is 0 Å². The van der Waals surface area contributed by atoms with Gasteiger partial charge in [0.05, 0.1) is 17.6 Å². The molecule has 96 valence electrons. The maximum atomic E-state index is 10.9. The van der Waals surface area contributed by atoms with Crippen molar-refractivity contribution in [2.45, 2.75) is 12.5 Å². The molecule has 1 aromatic carbocycles. The quantitative estimate of drug-likeness (QED) is 0.494. The molecule has 1 aliphatic rings. The van der Waals surface area contributed by atoms with Crippen LogP contribution in [0.4, 0.5) is 10.5 Å². The van der Waals surface area contributed by atoms with E-state index in [-0.39, 0.29) is 18.0 Å².